The van der Waals surface area contributed by atoms with E-state index >= 15 is 0 Å². The lowest BCUT2D eigenvalue weighted by molar-refractivity contribution is 0.469. The molecule has 4 rings (SSSR count). The summed E-state index contributed by atoms with van der Waals surface area (Å²) in [5.41, 5.74) is 3.14. The van der Waals surface area contributed by atoms with Crippen LogP contribution >= 0.6 is 0 Å². The highest BCUT2D eigenvalue weighted by molar-refractivity contribution is 5.74. The molecule has 4 nitrogen and oxygen atoms in total. The Bertz CT molecular complexity index is 705. The van der Waals surface area contributed by atoms with Gasteiger partial charge in [-0.2, -0.15) is 4.98 Å². The number of anilines is 1. The molecular formula is C17H17N3O. The number of benzene rings is 1. The fourth-order valence-electron chi connectivity index (χ4n) is 3.05. The third kappa shape index (κ3) is 2.37. The molecule has 0 bridgehead atoms. The molecule has 1 unspecified atom stereocenters. The van der Waals surface area contributed by atoms with E-state index in [0.29, 0.717) is 5.92 Å². The van der Waals surface area contributed by atoms with E-state index in [4.69, 9.17) is 4.42 Å². The molecule has 0 saturated carbocycles. The number of rotatable bonds is 2. The largest absolute Gasteiger partial charge is 0.423 e. The van der Waals surface area contributed by atoms with Gasteiger partial charge in [0.05, 0.1) is 0 Å². The van der Waals surface area contributed by atoms with Crippen LogP contribution in [0.1, 0.15) is 24.3 Å². The monoisotopic (exact) mass is 279 g/mol. The van der Waals surface area contributed by atoms with E-state index in [1.165, 1.54) is 12.0 Å². The van der Waals surface area contributed by atoms with E-state index in [-0.39, 0.29) is 0 Å². The molecular weight excluding hydrogens is 262 g/mol. The van der Waals surface area contributed by atoms with E-state index in [2.05, 4.69) is 27.0 Å². The minimum absolute atomic E-state index is 0.525. The van der Waals surface area contributed by atoms with Gasteiger partial charge in [-0.05, 0) is 42.7 Å². The molecule has 0 amide bonds. The van der Waals surface area contributed by atoms with Gasteiger partial charge in [0, 0.05) is 31.4 Å². The number of piperidine rings is 1. The van der Waals surface area contributed by atoms with Gasteiger partial charge in [-0.3, -0.25) is 4.98 Å². The summed E-state index contributed by atoms with van der Waals surface area (Å²) in [5.74, 6) is 0.525. The molecule has 4 heteroatoms. The van der Waals surface area contributed by atoms with Crippen LogP contribution in [0, 0.1) is 0 Å². The Hall–Kier alpha value is -2.36. The highest BCUT2D eigenvalue weighted by Crippen LogP contribution is 2.30. The first-order chi connectivity index (χ1) is 10.4. The fourth-order valence-corrected chi connectivity index (χ4v) is 3.05. The van der Waals surface area contributed by atoms with E-state index in [0.717, 1.165) is 36.6 Å². The van der Waals surface area contributed by atoms with Gasteiger partial charge in [-0.1, -0.05) is 12.1 Å². The average molecular weight is 279 g/mol. The van der Waals surface area contributed by atoms with Crippen molar-refractivity contribution in [2.24, 2.45) is 0 Å². The zero-order valence-corrected chi connectivity index (χ0v) is 11.8. The van der Waals surface area contributed by atoms with Gasteiger partial charge in [-0.25, -0.2) is 0 Å². The van der Waals surface area contributed by atoms with Gasteiger partial charge in [0.1, 0.15) is 5.52 Å². The molecule has 0 N–H and O–H groups in total. The van der Waals surface area contributed by atoms with Crippen molar-refractivity contribution < 1.29 is 4.42 Å². The van der Waals surface area contributed by atoms with E-state index in [9.17, 15) is 0 Å². The summed E-state index contributed by atoms with van der Waals surface area (Å²) in [5, 5.41) is 0. The Morgan fingerprint density at radius 3 is 2.81 bits per heavy atom. The quantitative estimate of drug-likeness (QED) is 0.718. The molecule has 1 fully saturated rings. The van der Waals surface area contributed by atoms with Gasteiger partial charge >= 0.3 is 0 Å². The Morgan fingerprint density at radius 2 is 1.95 bits per heavy atom. The highest BCUT2D eigenvalue weighted by atomic mass is 16.4. The van der Waals surface area contributed by atoms with Gasteiger partial charge in [0.15, 0.2) is 5.58 Å². The lowest BCUT2D eigenvalue weighted by Gasteiger charge is -2.31. The van der Waals surface area contributed by atoms with Crippen molar-refractivity contribution in [3.8, 4) is 0 Å². The van der Waals surface area contributed by atoms with Crippen molar-refractivity contribution >= 4 is 17.1 Å². The van der Waals surface area contributed by atoms with Crippen LogP contribution in [-0.4, -0.2) is 23.1 Å². The minimum atomic E-state index is 0.525. The second-order valence-corrected chi connectivity index (χ2v) is 5.53. The SMILES string of the molecule is c1ccc2oc(N3CCCC(c4ccncc4)C3)nc2c1. The zero-order valence-electron chi connectivity index (χ0n) is 11.8. The first kappa shape index (κ1) is 12.4. The molecule has 3 heterocycles. The molecule has 0 radical (unpaired) electrons. The van der Waals surface area contributed by atoms with E-state index in [1.807, 2.05) is 36.7 Å². The predicted molar refractivity (Wildman–Crippen MR) is 82.4 cm³/mol. The number of para-hydroxylation sites is 2. The molecule has 0 spiro atoms. The molecule has 2 aromatic heterocycles. The van der Waals surface area contributed by atoms with Crippen LogP contribution in [0.3, 0.4) is 0 Å². The summed E-state index contributed by atoms with van der Waals surface area (Å²) >= 11 is 0. The summed E-state index contributed by atoms with van der Waals surface area (Å²) in [7, 11) is 0. The molecule has 1 aliphatic rings. The third-order valence-corrected chi connectivity index (χ3v) is 4.15. The Balaban J connectivity index is 1.60. The number of nitrogens with zero attached hydrogens (tertiary/aromatic N) is 3. The van der Waals surface area contributed by atoms with Crippen LogP contribution in [0.25, 0.3) is 11.1 Å². The Labute approximate surface area is 123 Å². The first-order valence-corrected chi connectivity index (χ1v) is 7.40. The van der Waals surface area contributed by atoms with Crippen LogP contribution in [0.5, 0.6) is 0 Å². The van der Waals surface area contributed by atoms with Crippen LogP contribution in [0.2, 0.25) is 0 Å². The van der Waals surface area contributed by atoms with Crippen LogP contribution < -0.4 is 4.90 Å². The minimum Gasteiger partial charge on any atom is -0.423 e. The zero-order chi connectivity index (χ0) is 14.1. The van der Waals surface area contributed by atoms with Gasteiger partial charge in [-0.15, -0.1) is 0 Å². The van der Waals surface area contributed by atoms with Crippen molar-refractivity contribution in [2.45, 2.75) is 18.8 Å². The van der Waals surface area contributed by atoms with Crippen molar-refractivity contribution in [3.05, 3.63) is 54.4 Å². The maximum atomic E-state index is 5.89. The highest BCUT2D eigenvalue weighted by Gasteiger charge is 2.24. The maximum Gasteiger partial charge on any atom is 0.298 e. The number of hydrogen-bond acceptors (Lipinski definition) is 4. The molecule has 1 aliphatic heterocycles. The molecule has 0 aliphatic carbocycles. The predicted octanol–water partition coefficient (Wildman–Crippen LogP) is 3.61. The van der Waals surface area contributed by atoms with Gasteiger partial charge in [0.2, 0.25) is 0 Å². The molecule has 1 atom stereocenters. The number of hydrogen-bond donors (Lipinski definition) is 0. The van der Waals surface area contributed by atoms with Crippen LogP contribution in [0.4, 0.5) is 6.01 Å². The first-order valence-electron chi connectivity index (χ1n) is 7.40. The topological polar surface area (TPSA) is 42.2 Å². The summed E-state index contributed by atoms with van der Waals surface area (Å²) in [4.78, 5) is 11.0. The molecule has 106 valence electrons. The standard InChI is InChI=1S/C17H17N3O/c1-2-6-16-15(5-1)19-17(21-16)20-11-3-4-14(12-20)13-7-9-18-10-8-13/h1-2,5-10,14H,3-4,11-12H2. The second-order valence-electron chi connectivity index (χ2n) is 5.53. The van der Waals surface area contributed by atoms with Gasteiger partial charge < -0.3 is 9.32 Å². The van der Waals surface area contributed by atoms with Gasteiger partial charge in [0.25, 0.3) is 6.01 Å². The van der Waals surface area contributed by atoms with Crippen molar-refractivity contribution in [2.75, 3.05) is 18.0 Å². The number of fused-ring (bicyclic) bond motifs is 1. The number of pyridine rings is 1. The third-order valence-electron chi connectivity index (χ3n) is 4.15. The van der Waals surface area contributed by atoms with Crippen LogP contribution in [0.15, 0.2) is 53.2 Å². The maximum absolute atomic E-state index is 5.89. The number of oxazole rings is 1. The average Bonchev–Trinajstić information content (AvgIpc) is 3.00. The molecule has 3 aromatic rings. The summed E-state index contributed by atoms with van der Waals surface area (Å²) in [6.07, 6.45) is 6.11. The normalized spacial score (nSPS) is 19.0. The van der Waals surface area contributed by atoms with Crippen molar-refractivity contribution in [1.29, 1.82) is 0 Å². The molecule has 1 aromatic carbocycles. The Morgan fingerprint density at radius 1 is 1.10 bits per heavy atom. The molecule has 21 heavy (non-hydrogen) atoms. The lowest BCUT2D eigenvalue weighted by Crippen LogP contribution is -2.34. The van der Waals surface area contributed by atoms with Crippen molar-refractivity contribution in [1.82, 2.24) is 9.97 Å². The van der Waals surface area contributed by atoms with E-state index in [1.54, 1.807) is 0 Å². The fraction of sp³-hybridized carbons (Fsp3) is 0.294. The lowest BCUT2D eigenvalue weighted by atomic mass is 9.91. The summed E-state index contributed by atoms with van der Waals surface area (Å²) in [6.45, 7) is 1.96. The smallest absolute Gasteiger partial charge is 0.298 e. The second kappa shape index (κ2) is 5.20. The summed E-state index contributed by atoms with van der Waals surface area (Å²) < 4.78 is 5.89. The van der Waals surface area contributed by atoms with Crippen LogP contribution in [-0.2, 0) is 0 Å². The van der Waals surface area contributed by atoms with Crippen molar-refractivity contribution in [3.63, 3.8) is 0 Å². The summed E-state index contributed by atoms with van der Waals surface area (Å²) in [6, 6.07) is 12.9. The molecule has 1 saturated heterocycles. The van der Waals surface area contributed by atoms with E-state index < -0.39 is 0 Å². The number of aromatic nitrogens is 2. The Kier molecular flexibility index (Phi) is 3.07.